The van der Waals surface area contributed by atoms with Crippen molar-refractivity contribution in [2.45, 2.75) is 11.0 Å². The third kappa shape index (κ3) is 1.08. The van der Waals surface area contributed by atoms with Crippen molar-refractivity contribution in [3.8, 4) is 0 Å². The molecule has 4 heteroatoms. The molecule has 12 heavy (non-hydrogen) atoms. The van der Waals surface area contributed by atoms with Crippen molar-refractivity contribution in [2.24, 2.45) is 0 Å². The van der Waals surface area contributed by atoms with Crippen LogP contribution < -0.4 is 0 Å². The van der Waals surface area contributed by atoms with Gasteiger partial charge in [-0.2, -0.15) is 0 Å². The van der Waals surface area contributed by atoms with Gasteiger partial charge in [0.15, 0.2) is 0 Å². The van der Waals surface area contributed by atoms with Crippen molar-refractivity contribution >= 4 is 17.7 Å². The number of pyridine rings is 1. The molecule has 62 valence electrons. The average molecular weight is 181 g/mol. The fourth-order valence-corrected chi connectivity index (χ4v) is 2.35. The van der Waals surface area contributed by atoms with Crippen molar-refractivity contribution < 1.29 is 9.90 Å². The summed E-state index contributed by atoms with van der Waals surface area (Å²) in [6, 6.07) is 3.77. The van der Waals surface area contributed by atoms with E-state index in [2.05, 4.69) is 4.98 Å². The highest BCUT2D eigenvalue weighted by molar-refractivity contribution is 7.99. The first-order chi connectivity index (χ1) is 5.79. The Kier molecular flexibility index (Phi) is 1.77. The molecule has 1 aromatic heterocycles. The molecule has 0 aromatic carbocycles. The maximum Gasteiger partial charge on any atom is 0.322 e. The van der Waals surface area contributed by atoms with E-state index in [0.29, 0.717) is 0 Å². The molecule has 0 saturated heterocycles. The van der Waals surface area contributed by atoms with Gasteiger partial charge in [-0.25, -0.2) is 0 Å². The van der Waals surface area contributed by atoms with Gasteiger partial charge in [-0.05, 0) is 11.6 Å². The summed E-state index contributed by atoms with van der Waals surface area (Å²) in [6.45, 7) is 0. The molecule has 1 aromatic rings. The first kappa shape index (κ1) is 7.61. The summed E-state index contributed by atoms with van der Waals surface area (Å²) in [5, 5.41) is 8.34. The van der Waals surface area contributed by atoms with Crippen LogP contribution >= 0.6 is 11.8 Å². The minimum atomic E-state index is -0.794. The molecule has 0 amide bonds. The van der Waals surface area contributed by atoms with E-state index in [9.17, 15) is 4.79 Å². The molecule has 1 atom stereocenters. The lowest BCUT2D eigenvalue weighted by molar-refractivity contribution is -0.136. The van der Waals surface area contributed by atoms with Crippen LogP contribution in [0.3, 0.4) is 0 Å². The summed E-state index contributed by atoms with van der Waals surface area (Å²) in [4.78, 5) is 14.8. The Morgan fingerprint density at radius 3 is 3.33 bits per heavy atom. The van der Waals surface area contributed by atoms with E-state index >= 15 is 0 Å². The molecule has 3 nitrogen and oxygen atoms in total. The molecule has 0 radical (unpaired) electrons. The number of carboxylic acids is 1. The van der Waals surface area contributed by atoms with Crippen LogP contribution in [0.15, 0.2) is 18.3 Å². The van der Waals surface area contributed by atoms with Crippen LogP contribution in [-0.4, -0.2) is 16.1 Å². The smallest absolute Gasteiger partial charge is 0.322 e. The maximum atomic E-state index is 10.7. The fraction of sp³-hybridized carbons (Fsp3) is 0.250. The van der Waals surface area contributed by atoms with Crippen LogP contribution in [0, 0.1) is 0 Å². The van der Waals surface area contributed by atoms with Crippen LogP contribution in [-0.2, 0) is 10.5 Å². The number of rotatable bonds is 1. The van der Waals surface area contributed by atoms with Gasteiger partial charge in [0.25, 0.3) is 0 Å². The normalized spacial score (nSPS) is 20.5. The standard InChI is InChI=1S/C8H7NO2S/c10-8(11)7-6-5(4-12-7)2-1-3-9-6/h1-3,7H,4H2,(H,10,11). The van der Waals surface area contributed by atoms with Gasteiger partial charge < -0.3 is 5.11 Å². The lowest BCUT2D eigenvalue weighted by Crippen LogP contribution is -2.06. The molecule has 1 aliphatic heterocycles. The van der Waals surface area contributed by atoms with Gasteiger partial charge >= 0.3 is 5.97 Å². The van der Waals surface area contributed by atoms with Gasteiger partial charge in [-0.1, -0.05) is 6.07 Å². The SMILES string of the molecule is O=C(O)C1SCc2cccnc21. The van der Waals surface area contributed by atoms with E-state index in [1.807, 2.05) is 12.1 Å². The summed E-state index contributed by atoms with van der Waals surface area (Å²) in [6.07, 6.45) is 1.64. The van der Waals surface area contributed by atoms with Gasteiger partial charge in [0.05, 0.1) is 5.69 Å². The Bertz CT molecular complexity index is 327. The third-order valence-corrected chi connectivity index (χ3v) is 3.04. The summed E-state index contributed by atoms with van der Waals surface area (Å²) in [5.74, 6) is -0.0300. The second-order valence-corrected chi connectivity index (χ2v) is 3.67. The van der Waals surface area contributed by atoms with Crippen LogP contribution in [0.5, 0.6) is 0 Å². The Morgan fingerprint density at radius 1 is 1.75 bits per heavy atom. The van der Waals surface area contributed by atoms with E-state index in [4.69, 9.17) is 5.11 Å². The second-order valence-electron chi connectivity index (χ2n) is 2.58. The highest BCUT2D eigenvalue weighted by Gasteiger charge is 2.29. The first-order valence-electron chi connectivity index (χ1n) is 3.57. The number of thioether (sulfide) groups is 1. The number of nitrogens with zero attached hydrogens (tertiary/aromatic N) is 1. The number of carboxylic acid groups (broad SMARTS) is 1. The first-order valence-corrected chi connectivity index (χ1v) is 4.62. The lowest BCUT2D eigenvalue weighted by Gasteiger charge is -2.01. The van der Waals surface area contributed by atoms with Crippen molar-refractivity contribution in [3.63, 3.8) is 0 Å². The van der Waals surface area contributed by atoms with Gasteiger partial charge in [-0.3, -0.25) is 9.78 Å². The number of aliphatic carboxylic acids is 1. The van der Waals surface area contributed by atoms with E-state index in [1.54, 1.807) is 6.20 Å². The van der Waals surface area contributed by atoms with Crippen LogP contribution in [0.1, 0.15) is 16.5 Å². The monoisotopic (exact) mass is 181 g/mol. The Morgan fingerprint density at radius 2 is 2.58 bits per heavy atom. The Hall–Kier alpha value is -1.03. The predicted molar refractivity (Wildman–Crippen MR) is 45.9 cm³/mol. The summed E-state index contributed by atoms with van der Waals surface area (Å²) in [5.41, 5.74) is 1.77. The molecule has 2 heterocycles. The second kappa shape index (κ2) is 2.79. The molecular weight excluding hydrogens is 174 g/mol. The molecule has 0 bridgehead atoms. The number of fused-ring (bicyclic) bond motifs is 1. The summed E-state index contributed by atoms with van der Waals surface area (Å²) in [7, 11) is 0. The van der Waals surface area contributed by atoms with Crippen molar-refractivity contribution in [2.75, 3.05) is 0 Å². The van der Waals surface area contributed by atoms with Gasteiger partial charge in [0.2, 0.25) is 0 Å². The molecular formula is C8H7NO2S. The minimum Gasteiger partial charge on any atom is -0.480 e. The van der Waals surface area contributed by atoms with E-state index in [1.165, 1.54) is 11.8 Å². The quantitative estimate of drug-likeness (QED) is 0.712. The zero-order chi connectivity index (χ0) is 8.55. The van der Waals surface area contributed by atoms with Gasteiger partial charge in [0, 0.05) is 11.9 Å². The minimum absolute atomic E-state index is 0.457. The van der Waals surface area contributed by atoms with Crippen molar-refractivity contribution in [1.29, 1.82) is 0 Å². The number of aromatic nitrogens is 1. The highest BCUT2D eigenvalue weighted by Crippen LogP contribution is 2.39. The largest absolute Gasteiger partial charge is 0.480 e. The zero-order valence-electron chi connectivity index (χ0n) is 6.23. The highest BCUT2D eigenvalue weighted by atomic mass is 32.2. The zero-order valence-corrected chi connectivity index (χ0v) is 7.04. The van der Waals surface area contributed by atoms with Crippen LogP contribution in [0.25, 0.3) is 0 Å². The van der Waals surface area contributed by atoms with E-state index in [0.717, 1.165) is 17.0 Å². The molecule has 0 spiro atoms. The van der Waals surface area contributed by atoms with Gasteiger partial charge in [-0.15, -0.1) is 11.8 Å². The molecule has 1 unspecified atom stereocenters. The number of hydrogen-bond donors (Lipinski definition) is 1. The van der Waals surface area contributed by atoms with Crippen LogP contribution in [0.4, 0.5) is 0 Å². The number of hydrogen-bond acceptors (Lipinski definition) is 3. The maximum absolute atomic E-state index is 10.7. The number of carbonyl (C=O) groups is 1. The Labute approximate surface area is 73.8 Å². The molecule has 1 aliphatic rings. The average Bonchev–Trinajstić information content (AvgIpc) is 2.47. The van der Waals surface area contributed by atoms with Crippen LogP contribution in [0.2, 0.25) is 0 Å². The van der Waals surface area contributed by atoms with E-state index < -0.39 is 11.2 Å². The van der Waals surface area contributed by atoms with Gasteiger partial charge in [0.1, 0.15) is 5.25 Å². The molecule has 0 fully saturated rings. The third-order valence-electron chi connectivity index (χ3n) is 1.80. The topological polar surface area (TPSA) is 50.2 Å². The molecule has 0 aliphatic carbocycles. The predicted octanol–water partition coefficient (Wildman–Crippen LogP) is 1.45. The molecule has 0 saturated carbocycles. The van der Waals surface area contributed by atoms with Crippen molar-refractivity contribution in [3.05, 3.63) is 29.6 Å². The summed E-state index contributed by atoms with van der Waals surface area (Å²) < 4.78 is 0. The fourth-order valence-electron chi connectivity index (χ4n) is 1.25. The Balaban J connectivity index is 2.42. The van der Waals surface area contributed by atoms with E-state index in [-0.39, 0.29) is 0 Å². The lowest BCUT2D eigenvalue weighted by atomic mass is 10.2. The summed E-state index contributed by atoms with van der Waals surface area (Å²) >= 11 is 1.42. The molecule has 2 rings (SSSR count). The van der Waals surface area contributed by atoms with Crippen molar-refractivity contribution in [1.82, 2.24) is 4.98 Å². The molecule has 1 N–H and O–H groups in total.